The largest absolute Gasteiger partial charge is 0.310 e. The molecule has 0 aliphatic rings. The van der Waals surface area contributed by atoms with Gasteiger partial charge in [0.2, 0.25) is 0 Å². The molecule has 2 rings (SSSR count). The van der Waals surface area contributed by atoms with Crippen LogP contribution in [0.15, 0.2) is 40.9 Å². The SMILES string of the molecule is CC(C)NCc1cc(-c2cccc(Br)c2F)ccc1F. The first-order valence-electron chi connectivity index (χ1n) is 6.45. The van der Waals surface area contributed by atoms with E-state index in [1.165, 1.54) is 6.07 Å². The molecule has 0 aliphatic carbocycles. The number of hydrogen-bond acceptors (Lipinski definition) is 1. The molecule has 2 aromatic carbocycles. The highest BCUT2D eigenvalue weighted by atomic mass is 79.9. The van der Waals surface area contributed by atoms with Crippen LogP contribution in [0.3, 0.4) is 0 Å². The van der Waals surface area contributed by atoms with Gasteiger partial charge in [0.15, 0.2) is 0 Å². The Kier molecular flexibility index (Phi) is 4.89. The molecule has 0 bridgehead atoms. The number of hydrogen-bond donors (Lipinski definition) is 1. The summed E-state index contributed by atoms with van der Waals surface area (Å²) in [4.78, 5) is 0. The Morgan fingerprint density at radius 3 is 2.60 bits per heavy atom. The summed E-state index contributed by atoms with van der Waals surface area (Å²) >= 11 is 3.16. The summed E-state index contributed by atoms with van der Waals surface area (Å²) in [6.07, 6.45) is 0. The maximum atomic E-state index is 14.1. The maximum absolute atomic E-state index is 14.1. The second kappa shape index (κ2) is 6.46. The van der Waals surface area contributed by atoms with Crippen LogP contribution < -0.4 is 5.32 Å². The van der Waals surface area contributed by atoms with E-state index in [1.807, 2.05) is 13.8 Å². The molecule has 0 amide bonds. The van der Waals surface area contributed by atoms with Crippen LogP contribution >= 0.6 is 15.9 Å². The van der Waals surface area contributed by atoms with Gasteiger partial charge in [-0.3, -0.25) is 0 Å². The van der Waals surface area contributed by atoms with Gasteiger partial charge in [-0.25, -0.2) is 8.78 Å². The van der Waals surface area contributed by atoms with Crippen molar-refractivity contribution in [1.29, 1.82) is 0 Å². The summed E-state index contributed by atoms with van der Waals surface area (Å²) in [6, 6.07) is 10.0. The zero-order chi connectivity index (χ0) is 14.7. The van der Waals surface area contributed by atoms with Crippen LogP contribution in [0.2, 0.25) is 0 Å². The van der Waals surface area contributed by atoms with Crippen molar-refractivity contribution in [2.24, 2.45) is 0 Å². The van der Waals surface area contributed by atoms with Gasteiger partial charge in [-0.2, -0.15) is 0 Å². The number of benzene rings is 2. The van der Waals surface area contributed by atoms with Gasteiger partial charge in [-0.05, 0) is 39.7 Å². The zero-order valence-corrected chi connectivity index (χ0v) is 13.0. The van der Waals surface area contributed by atoms with Crippen molar-refractivity contribution < 1.29 is 8.78 Å². The van der Waals surface area contributed by atoms with E-state index in [9.17, 15) is 8.78 Å². The minimum Gasteiger partial charge on any atom is -0.310 e. The predicted molar refractivity (Wildman–Crippen MR) is 81.5 cm³/mol. The Labute approximate surface area is 126 Å². The van der Waals surface area contributed by atoms with Crippen LogP contribution in [0.4, 0.5) is 8.78 Å². The van der Waals surface area contributed by atoms with E-state index >= 15 is 0 Å². The monoisotopic (exact) mass is 339 g/mol. The van der Waals surface area contributed by atoms with Crippen LogP contribution in [0.25, 0.3) is 11.1 Å². The lowest BCUT2D eigenvalue weighted by molar-refractivity contribution is 0.553. The van der Waals surface area contributed by atoms with E-state index in [1.54, 1.807) is 30.3 Å². The summed E-state index contributed by atoms with van der Waals surface area (Å²) in [7, 11) is 0. The second-order valence-corrected chi connectivity index (χ2v) is 5.80. The molecule has 0 fully saturated rings. The Hall–Kier alpha value is -1.26. The lowest BCUT2D eigenvalue weighted by Crippen LogP contribution is -2.22. The van der Waals surface area contributed by atoms with E-state index in [-0.39, 0.29) is 17.7 Å². The smallest absolute Gasteiger partial charge is 0.145 e. The van der Waals surface area contributed by atoms with Gasteiger partial charge in [0.1, 0.15) is 11.6 Å². The van der Waals surface area contributed by atoms with Gasteiger partial charge < -0.3 is 5.32 Å². The molecule has 1 N–H and O–H groups in total. The van der Waals surface area contributed by atoms with E-state index in [0.717, 1.165) is 0 Å². The van der Waals surface area contributed by atoms with Crippen LogP contribution in [0.5, 0.6) is 0 Å². The van der Waals surface area contributed by atoms with Gasteiger partial charge in [0.05, 0.1) is 4.47 Å². The molecular weight excluding hydrogens is 324 g/mol. The molecule has 0 saturated heterocycles. The molecule has 4 heteroatoms. The minimum absolute atomic E-state index is 0.265. The third-order valence-corrected chi connectivity index (χ3v) is 3.62. The van der Waals surface area contributed by atoms with E-state index < -0.39 is 0 Å². The van der Waals surface area contributed by atoms with Gasteiger partial charge in [0.25, 0.3) is 0 Å². The zero-order valence-electron chi connectivity index (χ0n) is 11.4. The first-order valence-corrected chi connectivity index (χ1v) is 7.24. The Morgan fingerprint density at radius 2 is 1.90 bits per heavy atom. The minimum atomic E-state index is -0.332. The van der Waals surface area contributed by atoms with Crippen molar-refractivity contribution in [1.82, 2.24) is 5.32 Å². The lowest BCUT2D eigenvalue weighted by atomic mass is 10.0. The molecule has 0 radical (unpaired) electrons. The van der Waals surface area contributed by atoms with E-state index in [0.29, 0.717) is 27.7 Å². The van der Waals surface area contributed by atoms with Gasteiger partial charge >= 0.3 is 0 Å². The molecule has 0 aromatic heterocycles. The third kappa shape index (κ3) is 3.44. The van der Waals surface area contributed by atoms with Crippen molar-refractivity contribution in [2.75, 3.05) is 0 Å². The molecular formula is C16H16BrF2N. The molecule has 0 spiro atoms. The van der Waals surface area contributed by atoms with E-state index in [2.05, 4.69) is 21.2 Å². The van der Waals surface area contributed by atoms with Crippen molar-refractivity contribution in [3.05, 3.63) is 58.1 Å². The average molecular weight is 340 g/mol. The Balaban J connectivity index is 2.38. The highest BCUT2D eigenvalue weighted by Gasteiger charge is 2.11. The summed E-state index contributed by atoms with van der Waals surface area (Å²) < 4.78 is 28.3. The Morgan fingerprint density at radius 1 is 1.15 bits per heavy atom. The van der Waals surface area contributed by atoms with Gasteiger partial charge in [0, 0.05) is 23.7 Å². The fraction of sp³-hybridized carbons (Fsp3) is 0.250. The molecule has 0 atom stereocenters. The summed E-state index contributed by atoms with van der Waals surface area (Å²) in [5, 5.41) is 3.16. The number of halogens is 3. The maximum Gasteiger partial charge on any atom is 0.145 e. The number of nitrogens with one attached hydrogen (secondary N) is 1. The quantitative estimate of drug-likeness (QED) is 0.835. The standard InChI is InChI=1S/C16H16BrF2N/c1-10(2)20-9-12-8-11(6-7-15(12)18)13-4-3-5-14(17)16(13)19/h3-8,10,20H,9H2,1-2H3. The van der Waals surface area contributed by atoms with Crippen LogP contribution in [0, 0.1) is 11.6 Å². The lowest BCUT2D eigenvalue weighted by Gasteiger charge is -2.11. The molecule has 0 unspecified atom stereocenters. The average Bonchev–Trinajstić information content (AvgIpc) is 2.41. The topological polar surface area (TPSA) is 12.0 Å². The fourth-order valence-corrected chi connectivity index (χ4v) is 2.28. The van der Waals surface area contributed by atoms with Crippen molar-refractivity contribution in [2.45, 2.75) is 26.4 Å². The molecule has 20 heavy (non-hydrogen) atoms. The highest BCUT2D eigenvalue weighted by Crippen LogP contribution is 2.29. The first kappa shape index (κ1) is 15.1. The predicted octanol–water partition coefficient (Wildman–Crippen LogP) is 4.89. The van der Waals surface area contributed by atoms with Gasteiger partial charge in [-0.1, -0.05) is 32.0 Å². The van der Waals surface area contributed by atoms with Crippen LogP contribution in [-0.2, 0) is 6.54 Å². The molecule has 106 valence electrons. The Bertz CT molecular complexity index is 611. The van der Waals surface area contributed by atoms with Crippen molar-refractivity contribution >= 4 is 15.9 Å². The van der Waals surface area contributed by atoms with Crippen molar-refractivity contribution in [3.8, 4) is 11.1 Å². The molecule has 0 heterocycles. The van der Waals surface area contributed by atoms with E-state index in [4.69, 9.17) is 0 Å². The summed E-state index contributed by atoms with van der Waals surface area (Å²) in [6.45, 7) is 4.42. The number of rotatable bonds is 4. The first-order chi connectivity index (χ1) is 9.49. The summed E-state index contributed by atoms with van der Waals surface area (Å²) in [5.41, 5.74) is 1.67. The fourth-order valence-electron chi connectivity index (χ4n) is 1.92. The second-order valence-electron chi connectivity index (χ2n) is 4.94. The van der Waals surface area contributed by atoms with Crippen LogP contribution in [-0.4, -0.2) is 6.04 Å². The highest BCUT2D eigenvalue weighted by molar-refractivity contribution is 9.10. The molecule has 0 saturated carbocycles. The van der Waals surface area contributed by atoms with Crippen LogP contribution in [0.1, 0.15) is 19.4 Å². The normalized spacial score (nSPS) is 11.1. The van der Waals surface area contributed by atoms with Crippen molar-refractivity contribution in [3.63, 3.8) is 0 Å². The molecule has 2 aromatic rings. The third-order valence-electron chi connectivity index (χ3n) is 3.01. The summed E-state index contributed by atoms with van der Waals surface area (Å²) in [5.74, 6) is -0.612. The molecule has 0 aliphatic heterocycles. The molecule has 1 nitrogen and oxygen atoms in total. The van der Waals surface area contributed by atoms with Gasteiger partial charge in [-0.15, -0.1) is 0 Å².